The number of fused-ring (bicyclic) bond motifs is 1. The molecule has 4 rings (SSSR count). The predicted molar refractivity (Wildman–Crippen MR) is 114 cm³/mol. The topological polar surface area (TPSA) is 89.8 Å². The fourth-order valence-corrected chi connectivity index (χ4v) is 3.79. The largest absolute Gasteiger partial charge is 0.455 e. The average molecular weight is 421 g/mol. The van der Waals surface area contributed by atoms with Gasteiger partial charge in [-0.2, -0.15) is 0 Å². The first kappa shape index (κ1) is 19.7. The highest BCUT2D eigenvalue weighted by molar-refractivity contribution is 7.90. The number of anilines is 1. The maximum absolute atomic E-state index is 13.0. The first-order chi connectivity index (χ1) is 14.3. The molecule has 1 N–H and O–H groups in total. The van der Waals surface area contributed by atoms with Crippen LogP contribution in [0, 0.1) is 6.92 Å². The average Bonchev–Trinajstić information content (AvgIpc) is 3.11. The molecule has 0 bridgehead atoms. The maximum atomic E-state index is 13.0. The molecule has 152 valence electrons. The highest BCUT2D eigenvalue weighted by Gasteiger charge is 2.23. The summed E-state index contributed by atoms with van der Waals surface area (Å²) in [6.07, 6.45) is 2.62. The second-order valence-electron chi connectivity index (χ2n) is 6.84. The van der Waals surface area contributed by atoms with E-state index >= 15 is 0 Å². The lowest BCUT2D eigenvalue weighted by Gasteiger charge is -2.12. The lowest BCUT2D eigenvalue weighted by molar-refractivity contribution is 0.102. The minimum Gasteiger partial charge on any atom is -0.455 e. The number of amides is 1. The van der Waals surface area contributed by atoms with Crippen LogP contribution >= 0.6 is 0 Å². The van der Waals surface area contributed by atoms with Gasteiger partial charge in [0.1, 0.15) is 5.75 Å². The van der Waals surface area contributed by atoms with Crippen LogP contribution in [0.3, 0.4) is 0 Å². The molecule has 0 unspecified atom stereocenters. The number of hydrogen-bond donors (Lipinski definition) is 1. The molecule has 0 aliphatic carbocycles. The molecule has 0 atom stereocenters. The molecule has 2 heterocycles. The Morgan fingerprint density at radius 1 is 1.00 bits per heavy atom. The molecule has 0 aliphatic rings. The minimum atomic E-state index is -3.62. The van der Waals surface area contributed by atoms with Gasteiger partial charge >= 0.3 is 0 Å². The van der Waals surface area contributed by atoms with Crippen LogP contribution in [-0.4, -0.2) is 30.0 Å². The first-order valence-corrected chi connectivity index (χ1v) is 11.0. The number of nitrogens with zero attached hydrogens (tertiary/aromatic N) is 2. The van der Waals surface area contributed by atoms with Crippen molar-refractivity contribution < 1.29 is 17.9 Å². The Morgan fingerprint density at radius 3 is 2.43 bits per heavy atom. The summed E-state index contributed by atoms with van der Waals surface area (Å²) in [7, 11) is -3.62. The number of nitrogens with one attached hydrogen (secondary N) is 1. The Hall–Kier alpha value is -3.65. The highest BCUT2D eigenvalue weighted by atomic mass is 32.2. The number of pyridine rings is 1. The molecular weight excluding hydrogens is 402 g/mol. The number of carbonyl (C=O) groups excluding carboxylic acids is 1. The summed E-state index contributed by atoms with van der Waals surface area (Å²) < 4.78 is 31.5. The fraction of sp³-hybridized carbons (Fsp3) is 0.0909. The van der Waals surface area contributed by atoms with Crippen LogP contribution in [0.4, 0.5) is 5.69 Å². The fourth-order valence-electron chi connectivity index (χ4n) is 3.01. The molecule has 0 radical (unpaired) electrons. The van der Waals surface area contributed by atoms with E-state index in [0.717, 1.165) is 11.8 Å². The molecule has 4 aromatic rings. The van der Waals surface area contributed by atoms with Crippen molar-refractivity contribution in [2.75, 3.05) is 11.6 Å². The number of hydrogen-bond acceptors (Lipinski definition) is 5. The lowest BCUT2D eigenvalue weighted by Crippen LogP contribution is -2.13. The molecule has 0 spiro atoms. The summed E-state index contributed by atoms with van der Waals surface area (Å²) in [5.41, 5.74) is 1.96. The summed E-state index contributed by atoms with van der Waals surface area (Å²) >= 11 is 0. The molecule has 0 saturated carbocycles. The van der Waals surface area contributed by atoms with Crippen molar-refractivity contribution >= 4 is 26.9 Å². The Bertz CT molecular complexity index is 1340. The summed E-state index contributed by atoms with van der Waals surface area (Å²) in [6.45, 7) is 1.98. The van der Waals surface area contributed by atoms with Crippen molar-refractivity contribution in [3.8, 4) is 11.5 Å². The van der Waals surface area contributed by atoms with Crippen molar-refractivity contribution in [2.45, 2.75) is 12.1 Å². The van der Waals surface area contributed by atoms with Crippen LogP contribution in [0.25, 0.3) is 5.52 Å². The second-order valence-corrected chi connectivity index (χ2v) is 8.75. The quantitative estimate of drug-likeness (QED) is 0.524. The van der Waals surface area contributed by atoms with Crippen molar-refractivity contribution in [1.29, 1.82) is 0 Å². The van der Waals surface area contributed by atoms with Gasteiger partial charge in [0.05, 0.1) is 11.2 Å². The third-order valence-corrected chi connectivity index (χ3v) is 5.40. The van der Waals surface area contributed by atoms with Gasteiger partial charge in [-0.25, -0.2) is 13.4 Å². The molecule has 2 aromatic carbocycles. The number of sulfone groups is 1. The number of carbonyl (C=O) groups is 1. The van der Waals surface area contributed by atoms with Gasteiger partial charge in [0.25, 0.3) is 5.91 Å². The molecule has 0 fully saturated rings. The predicted octanol–water partition coefficient (Wildman–Crippen LogP) is 4.09. The van der Waals surface area contributed by atoms with Gasteiger partial charge in [0.15, 0.2) is 11.4 Å². The Kier molecular flexibility index (Phi) is 5.01. The molecule has 0 aliphatic heterocycles. The van der Waals surface area contributed by atoms with Crippen LogP contribution in [0.5, 0.6) is 11.5 Å². The normalized spacial score (nSPS) is 11.4. The van der Waals surface area contributed by atoms with E-state index in [-0.39, 0.29) is 10.9 Å². The van der Waals surface area contributed by atoms with Crippen molar-refractivity contribution in [3.05, 3.63) is 84.2 Å². The van der Waals surface area contributed by atoms with Gasteiger partial charge in [-0.05, 0) is 43.3 Å². The molecule has 1 amide bonds. The van der Waals surface area contributed by atoms with Gasteiger partial charge in [-0.15, -0.1) is 0 Å². The van der Waals surface area contributed by atoms with E-state index in [1.807, 2.05) is 31.2 Å². The Balaban J connectivity index is 1.68. The highest BCUT2D eigenvalue weighted by Crippen LogP contribution is 2.30. The molecular formula is C22H19N3O4S. The minimum absolute atomic E-state index is 0.0150. The van der Waals surface area contributed by atoms with Gasteiger partial charge < -0.3 is 10.1 Å². The van der Waals surface area contributed by atoms with E-state index in [1.165, 1.54) is 4.40 Å². The monoisotopic (exact) mass is 421 g/mol. The zero-order valence-electron chi connectivity index (χ0n) is 16.4. The van der Waals surface area contributed by atoms with E-state index in [9.17, 15) is 13.2 Å². The van der Waals surface area contributed by atoms with Crippen LogP contribution < -0.4 is 10.1 Å². The number of rotatable bonds is 5. The summed E-state index contributed by atoms with van der Waals surface area (Å²) in [6, 6.07) is 19.6. The zero-order chi connectivity index (χ0) is 21.3. The Labute approximate surface area is 173 Å². The summed E-state index contributed by atoms with van der Waals surface area (Å²) in [5.74, 6) is 0.559. The molecule has 0 saturated heterocycles. The molecule has 2 aromatic heterocycles. The smallest absolute Gasteiger partial charge is 0.276 e. The van der Waals surface area contributed by atoms with Crippen LogP contribution in [0.15, 0.2) is 78.1 Å². The van der Waals surface area contributed by atoms with Crippen molar-refractivity contribution in [3.63, 3.8) is 0 Å². The zero-order valence-corrected chi connectivity index (χ0v) is 17.2. The SMILES string of the molecule is Cc1ccc(Oc2ccccc2NC(=O)c2nc(S(C)(=O)=O)n3ccccc23)cc1. The maximum Gasteiger partial charge on any atom is 0.276 e. The van der Waals surface area contributed by atoms with Crippen LogP contribution in [-0.2, 0) is 9.84 Å². The molecule has 7 nitrogen and oxygen atoms in total. The second kappa shape index (κ2) is 7.64. The van der Waals surface area contributed by atoms with E-state index in [1.54, 1.807) is 48.7 Å². The van der Waals surface area contributed by atoms with Crippen molar-refractivity contribution in [1.82, 2.24) is 9.38 Å². The number of para-hydroxylation sites is 2. The number of ether oxygens (including phenoxy) is 1. The van der Waals surface area contributed by atoms with Gasteiger partial charge in [0.2, 0.25) is 15.0 Å². The van der Waals surface area contributed by atoms with Crippen molar-refractivity contribution in [2.24, 2.45) is 0 Å². The lowest BCUT2D eigenvalue weighted by atomic mass is 10.2. The van der Waals surface area contributed by atoms with Gasteiger partial charge in [-0.1, -0.05) is 35.9 Å². The first-order valence-electron chi connectivity index (χ1n) is 9.15. The number of benzene rings is 2. The molecule has 30 heavy (non-hydrogen) atoms. The Morgan fingerprint density at radius 2 is 1.70 bits per heavy atom. The third kappa shape index (κ3) is 3.90. The van der Waals surface area contributed by atoms with Gasteiger partial charge in [-0.3, -0.25) is 9.20 Å². The summed E-state index contributed by atoms with van der Waals surface area (Å²) in [4.78, 5) is 17.1. The van der Waals surface area contributed by atoms with Crippen LogP contribution in [0.1, 0.15) is 16.1 Å². The van der Waals surface area contributed by atoms with Crippen LogP contribution in [0.2, 0.25) is 0 Å². The van der Waals surface area contributed by atoms with Gasteiger partial charge in [0, 0.05) is 12.5 Å². The number of aryl methyl sites for hydroxylation is 1. The molecule has 8 heteroatoms. The van der Waals surface area contributed by atoms with E-state index in [4.69, 9.17) is 4.74 Å². The standard InChI is InChI=1S/C22H19N3O4S/c1-15-10-12-16(13-11-15)29-19-9-4-3-7-17(19)23-21(26)20-18-8-5-6-14-25(18)22(24-20)30(2,27)28/h3-14H,1-2H3,(H,23,26). The number of imidazole rings is 1. The van der Waals surface area contributed by atoms with E-state index in [0.29, 0.717) is 22.7 Å². The summed E-state index contributed by atoms with van der Waals surface area (Å²) in [5, 5.41) is 2.59. The number of aromatic nitrogens is 2. The van der Waals surface area contributed by atoms with E-state index in [2.05, 4.69) is 10.3 Å². The third-order valence-electron chi connectivity index (χ3n) is 4.45. The van der Waals surface area contributed by atoms with E-state index < -0.39 is 15.7 Å².